The van der Waals surface area contributed by atoms with Crippen LogP contribution >= 0.6 is 0 Å². The molecule has 1 N–H and O–H groups in total. The van der Waals surface area contributed by atoms with Crippen LogP contribution in [-0.2, 0) is 0 Å². The van der Waals surface area contributed by atoms with Crippen molar-refractivity contribution in [3.05, 3.63) is 0 Å². The van der Waals surface area contributed by atoms with Crippen LogP contribution in [0.3, 0.4) is 0 Å². The van der Waals surface area contributed by atoms with Crippen LogP contribution in [0.25, 0.3) is 0 Å². The summed E-state index contributed by atoms with van der Waals surface area (Å²) >= 11 is 0. The van der Waals surface area contributed by atoms with E-state index in [1.165, 1.54) is 58.2 Å². The van der Waals surface area contributed by atoms with E-state index in [0.29, 0.717) is 5.41 Å². The first-order chi connectivity index (χ1) is 7.26. The molecule has 15 heavy (non-hydrogen) atoms. The molecule has 0 radical (unpaired) electrons. The number of nitrogens with zero attached hydrogens (tertiary/aromatic N) is 1. The van der Waals surface area contributed by atoms with Gasteiger partial charge in [0.05, 0.1) is 0 Å². The van der Waals surface area contributed by atoms with Crippen molar-refractivity contribution in [3.8, 4) is 0 Å². The smallest absolute Gasteiger partial charge is 0.00676 e. The third kappa shape index (κ3) is 2.54. The van der Waals surface area contributed by atoms with Crippen LogP contribution in [0.2, 0.25) is 0 Å². The van der Waals surface area contributed by atoms with Crippen LogP contribution in [0, 0.1) is 5.41 Å². The van der Waals surface area contributed by atoms with E-state index in [0.717, 1.165) is 6.04 Å². The number of likely N-dealkylation sites (tertiary alicyclic amines) is 1. The van der Waals surface area contributed by atoms with Crippen molar-refractivity contribution in [2.45, 2.75) is 51.5 Å². The molecule has 2 fully saturated rings. The van der Waals surface area contributed by atoms with Gasteiger partial charge in [-0.05, 0) is 51.6 Å². The fraction of sp³-hybridized carbons (Fsp3) is 1.00. The molecule has 1 aliphatic carbocycles. The number of hydrogen-bond acceptors (Lipinski definition) is 2. The normalized spacial score (nSPS) is 31.2. The van der Waals surface area contributed by atoms with Crippen molar-refractivity contribution in [2.75, 3.05) is 26.7 Å². The molecule has 0 amide bonds. The first kappa shape index (κ1) is 11.4. The SMILES string of the molecule is CNCC1(CN2CCCC2C)CCCC1. The van der Waals surface area contributed by atoms with Gasteiger partial charge in [0.1, 0.15) is 0 Å². The minimum atomic E-state index is 0.605. The minimum Gasteiger partial charge on any atom is -0.319 e. The van der Waals surface area contributed by atoms with Gasteiger partial charge in [-0.1, -0.05) is 12.8 Å². The Morgan fingerprint density at radius 2 is 2.00 bits per heavy atom. The van der Waals surface area contributed by atoms with Crippen LogP contribution in [0.4, 0.5) is 0 Å². The maximum atomic E-state index is 3.41. The van der Waals surface area contributed by atoms with E-state index in [1.807, 2.05) is 0 Å². The molecule has 1 atom stereocenters. The van der Waals surface area contributed by atoms with E-state index in [1.54, 1.807) is 0 Å². The zero-order valence-electron chi connectivity index (χ0n) is 10.4. The molecule has 2 nitrogen and oxygen atoms in total. The Labute approximate surface area is 94.4 Å². The monoisotopic (exact) mass is 210 g/mol. The zero-order chi connectivity index (χ0) is 10.7. The van der Waals surface area contributed by atoms with Gasteiger partial charge in [-0.15, -0.1) is 0 Å². The van der Waals surface area contributed by atoms with Crippen molar-refractivity contribution < 1.29 is 0 Å². The average molecular weight is 210 g/mol. The summed E-state index contributed by atoms with van der Waals surface area (Å²) in [5, 5.41) is 3.41. The lowest BCUT2D eigenvalue weighted by Gasteiger charge is -2.35. The van der Waals surface area contributed by atoms with Crippen LogP contribution < -0.4 is 5.32 Å². The Kier molecular flexibility index (Phi) is 3.68. The van der Waals surface area contributed by atoms with Gasteiger partial charge in [-0.2, -0.15) is 0 Å². The lowest BCUT2D eigenvalue weighted by molar-refractivity contribution is 0.146. The quantitative estimate of drug-likeness (QED) is 0.765. The predicted octanol–water partition coefficient (Wildman–Crippen LogP) is 2.25. The summed E-state index contributed by atoms with van der Waals surface area (Å²) in [6.45, 7) is 6.30. The first-order valence-corrected chi connectivity index (χ1v) is 6.64. The maximum absolute atomic E-state index is 3.41. The van der Waals surface area contributed by atoms with Gasteiger partial charge in [0, 0.05) is 19.1 Å². The Balaban J connectivity index is 1.93. The molecular weight excluding hydrogens is 184 g/mol. The molecule has 0 aromatic rings. The molecule has 2 heteroatoms. The fourth-order valence-corrected chi connectivity index (χ4v) is 3.55. The average Bonchev–Trinajstić information content (AvgIpc) is 2.79. The minimum absolute atomic E-state index is 0.605. The van der Waals surface area contributed by atoms with E-state index >= 15 is 0 Å². The molecule has 1 aliphatic heterocycles. The summed E-state index contributed by atoms with van der Waals surface area (Å²) in [4.78, 5) is 2.72. The van der Waals surface area contributed by atoms with Gasteiger partial charge >= 0.3 is 0 Å². The molecule has 0 bridgehead atoms. The highest BCUT2D eigenvalue weighted by Gasteiger charge is 2.36. The molecule has 0 aromatic carbocycles. The van der Waals surface area contributed by atoms with Crippen LogP contribution in [0.1, 0.15) is 45.4 Å². The van der Waals surface area contributed by atoms with Crippen molar-refractivity contribution in [1.82, 2.24) is 10.2 Å². The summed E-state index contributed by atoms with van der Waals surface area (Å²) in [5.74, 6) is 0. The summed E-state index contributed by atoms with van der Waals surface area (Å²) in [5.41, 5.74) is 0.605. The highest BCUT2D eigenvalue weighted by atomic mass is 15.2. The lowest BCUT2D eigenvalue weighted by atomic mass is 9.85. The third-order valence-electron chi connectivity index (χ3n) is 4.45. The molecule has 0 aromatic heterocycles. The molecule has 1 unspecified atom stereocenters. The Morgan fingerprint density at radius 3 is 2.53 bits per heavy atom. The topological polar surface area (TPSA) is 15.3 Å². The van der Waals surface area contributed by atoms with Gasteiger partial charge in [-0.25, -0.2) is 0 Å². The van der Waals surface area contributed by atoms with Gasteiger partial charge in [-0.3, -0.25) is 0 Å². The maximum Gasteiger partial charge on any atom is 0.00676 e. The highest BCUT2D eigenvalue weighted by Crippen LogP contribution is 2.39. The standard InChI is InChI=1S/C13H26N2/c1-12-6-5-9-15(12)11-13(10-14-2)7-3-4-8-13/h12,14H,3-11H2,1-2H3. The Hall–Kier alpha value is -0.0800. The molecule has 1 heterocycles. The van der Waals surface area contributed by atoms with Crippen molar-refractivity contribution in [1.29, 1.82) is 0 Å². The Bertz CT molecular complexity index is 197. The molecule has 2 aliphatic rings. The van der Waals surface area contributed by atoms with E-state index in [2.05, 4.69) is 24.2 Å². The highest BCUT2D eigenvalue weighted by molar-refractivity contribution is 4.91. The second kappa shape index (κ2) is 4.84. The van der Waals surface area contributed by atoms with Gasteiger partial charge in [0.15, 0.2) is 0 Å². The van der Waals surface area contributed by atoms with E-state index in [-0.39, 0.29) is 0 Å². The van der Waals surface area contributed by atoms with Crippen LogP contribution in [0.5, 0.6) is 0 Å². The first-order valence-electron chi connectivity index (χ1n) is 6.64. The van der Waals surface area contributed by atoms with E-state index in [9.17, 15) is 0 Å². The van der Waals surface area contributed by atoms with Gasteiger partial charge in [0.2, 0.25) is 0 Å². The fourth-order valence-electron chi connectivity index (χ4n) is 3.55. The number of rotatable bonds is 4. The Morgan fingerprint density at radius 1 is 1.27 bits per heavy atom. The summed E-state index contributed by atoms with van der Waals surface area (Å²) < 4.78 is 0. The van der Waals surface area contributed by atoms with Crippen LogP contribution in [0.15, 0.2) is 0 Å². The molecule has 0 spiro atoms. The van der Waals surface area contributed by atoms with E-state index < -0.39 is 0 Å². The molecule has 1 saturated carbocycles. The van der Waals surface area contributed by atoms with Crippen LogP contribution in [-0.4, -0.2) is 37.6 Å². The van der Waals surface area contributed by atoms with E-state index in [4.69, 9.17) is 0 Å². The van der Waals surface area contributed by atoms with Gasteiger partial charge < -0.3 is 10.2 Å². The van der Waals surface area contributed by atoms with Gasteiger partial charge in [0.25, 0.3) is 0 Å². The predicted molar refractivity (Wildman–Crippen MR) is 65.1 cm³/mol. The van der Waals surface area contributed by atoms with Crippen molar-refractivity contribution in [2.24, 2.45) is 5.41 Å². The molecule has 2 rings (SSSR count). The largest absolute Gasteiger partial charge is 0.319 e. The second-order valence-electron chi connectivity index (χ2n) is 5.70. The number of hydrogen-bond donors (Lipinski definition) is 1. The molecule has 88 valence electrons. The zero-order valence-corrected chi connectivity index (χ0v) is 10.4. The number of nitrogens with one attached hydrogen (secondary N) is 1. The third-order valence-corrected chi connectivity index (χ3v) is 4.45. The van der Waals surface area contributed by atoms with Crippen molar-refractivity contribution >= 4 is 0 Å². The molecule has 1 saturated heterocycles. The summed E-state index contributed by atoms with van der Waals surface area (Å²) in [6, 6.07) is 0.833. The summed E-state index contributed by atoms with van der Waals surface area (Å²) in [7, 11) is 2.10. The summed E-state index contributed by atoms with van der Waals surface area (Å²) in [6.07, 6.45) is 8.61. The van der Waals surface area contributed by atoms with Crippen molar-refractivity contribution in [3.63, 3.8) is 0 Å². The lowest BCUT2D eigenvalue weighted by Crippen LogP contribution is -2.43. The second-order valence-corrected chi connectivity index (χ2v) is 5.70. The molecular formula is C13H26N2.